The predicted molar refractivity (Wildman–Crippen MR) is 161 cm³/mol. The molecule has 0 aromatic heterocycles. The molecular weight excluding hydrogens is 528 g/mol. The number of aliphatic hydroxyl groups excluding tert-OH is 2. The Morgan fingerprint density at radius 1 is 0.952 bits per heavy atom. The summed E-state index contributed by atoms with van der Waals surface area (Å²) in [5, 5.41) is 20.5. The van der Waals surface area contributed by atoms with Gasteiger partial charge in [0.25, 0.3) is 0 Å². The quantitative estimate of drug-likeness (QED) is 0.270. The predicted octanol–water partition coefficient (Wildman–Crippen LogP) is 6.56. The zero-order chi connectivity index (χ0) is 29.8. The Kier molecular flexibility index (Phi) is 7.52. The molecule has 6 heteroatoms. The standard InChI is InChI=1S/C36H60O6/c1-20-16-24(17-21(2)32(38)39-7)41-26-19-34(6)25(31(20)26)10-13-36-22(3)35(36)14-11-29(42-30-18-23(37)12-15-40-30)33(4,5)27(35)8-9-28(34)36/h20-32,37-38H,8-19H2,1-7H3/t20?,21-,22-,23+,24?,25?,26+,27?,28?,29+,30+,31?,32+,34-,35?,36+/m1/s1. The first-order chi connectivity index (χ1) is 19.9. The summed E-state index contributed by atoms with van der Waals surface area (Å²) in [7, 11) is 1.59. The molecule has 2 spiro atoms. The van der Waals surface area contributed by atoms with E-state index >= 15 is 0 Å². The molecule has 7 rings (SSSR count). The first-order valence-corrected chi connectivity index (χ1v) is 17.7. The molecule has 6 nitrogen and oxygen atoms in total. The van der Waals surface area contributed by atoms with Gasteiger partial charge in [-0.15, -0.1) is 0 Å². The number of methoxy groups -OCH3 is 1. The fraction of sp³-hybridized carbons (Fsp3) is 1.00. The molecule has 42 heavy (non-hydrogen) atoms. The second-order valence-corrected chi connectivity index (χ2v) is 17.2. The molecule has 5 saturated carbocycles. The summed E-state index contributed by atoms with van der Waals surface area (Å²) in [6.45, 7) is 15.5. The van der Waals surface area contributed by atoms with Crippen molar-refractivity contribution in [2.24, 2.45) is 63.1 Å². The van der Waals surface area contributed by atoms with Gasteiger partial charge in [-0.3, -0.25) is 0 Å². The van der Waals surface area contributed by atoms with Crippen LogP contribution >= 0.6 is 0 Å². The highest BCUT2D eigenvalue weighted by atomic mass is 16.7. The summed E-state index contributed by atoms with van der Waals surface area (Å²) in [5.74, 6) is 4.51. The summed E-state index contributed by atoms with van der Waals surface area (Å²) in [6.07, 6.45) is 12.0. The second-order valence-electron chi connectivity index (χ2n) is 17.2. The van der Waals surface area contributed by atoms with Gasteiger partial charge in [-0.2, -0.15) is 0 Å². The monoisotopic (exact) mass is 588 g/mol. The summed E-state index contributed by atoms with van der Waals surface area (Å²) in [4.78, 5) is 0. The number of hydrogen-bond donors (Lipinski definition) is 2. The summed E-state index contributed by atoms with van der Waals surface area (Å²) >= 11 is 0. The van der Waals surface area contributed by atoms with Crippen molar-refractivity contribution in [2.45, 2.75) is 149 Å². The molecule has 0 amide bonds. The number of aliphatic hydroxyl groups is 2. The third kappa shape index (κ3) is 4.10. The first kappa shape index (κ1) is 30.4. The minimum Gasteiger partial charge on any atom is -0.393 e. The first-order valence-electron chi connectivity index (χ1n) is 17.7. The molecule has 240 valence electrons. The Labute approximate surface area is 255 Å². The van der Waals surface area contributed by atoms with E-state index < -0.39 is 6.29 Å². The van der Waals surface area contributed by atoms with Crippen molar-refractivity contribution in [1.82, 2.24) is 0 Å². The van der Waals surface area contributed by atoms with E-state index in [0.29, 0.717) is 53.1 Å². The van der Waals surface area contributed by atoms with Crippen LogP contribution in [-0.4, -0.2) is 60.9 Å². The molecule has 16 atom stereocenters. The van der Waals surface area contributed by atoms with Crippen LogP contribution in [0.3, 0.4) is 0 Å². The van der Waals surface area contributed by atoms with Crippen molar-refractivity contribution < 1.29 is 29.2 Å². The zero-order valence-corrected chi connectivity index (χ0v) is 27.5. The van der Waals surface area contributed by atoms with Gasteiger partial charge in [-0.1, -0.05) is 41.5 Å². The SMILES string of the molecule is CO[C@H](O)[C@H](C)CC1CC(C)C2C3CC[C@]45C(CCC6C(C)(C)[C@@H](O[C@H]7C[C@@H](O)CCO7)CCC64[C@H]5C)[C@]3(C)C[C@@H]2O1. The highest BCUT2D eigenvalue weighted by molar-refractivity contribution is 5.33. The average molecular weight is 589 g/mol. The Morgan fingerprint density at radius 3 is 2.40 bits per heavy atom. The Hall–Kier alpha value is -0.240. The van der Waals surface area contributed by atoms with Crippen LogP contribution in [0.4, 0.5) is 0 Å². The highest BCUT2D eigenvalue weighted by Gasteiger charge is 2.85. The average Bonchev–Trinajstić information content (AvgIpc) is 3.29. The van der Waals surface area contributed by atoms with Crippen molar-refractivity contribution in [3.8, 4) is 0 Å². The minimum absolute atomic E-state index is 0.0888. The fourth-order valence-corrected chi connectivity index (χ4v) is 13.8. The lowest BCUT2D eigenvalue weighted by atomic mass is 9.45. The topological polar surface area (TPSA) is 77.4 Å². The maximum Gasteiger partial charge on any atom is 0.160 e. The molecular formula is C36H60O6. The van der Waals surface area contributed by atoms with Gasteiger partial charge in [-0.05, 0) is 121 Å². The highest BCUT2D eigenvalue weighted by Crippen LogP contribution is 2.90. The summed E-state index contributed by atoms with van der Waals surface area (Å²) in [6, 6.07) is 0. The normalized spacial score (nSPS) is 55.8. The lowest BCUT2D eigenvalue weighted by Crippen LogP contribution is -2.56. The molecule has 2 heterocycles. The molecule has 7 aliphatic rings. The number of fused-ring (bicyclic) bond motifs is 4. The fourth-order valence-electron chi connectivity index (χ4n) is 13.8. The van der Waals surface area contributed by atoms with E-state index in [0.717, 1.165) is 43.4 Å². The van der Waals surface area contributed by atoms with Gasteiger partial charge in [0.1, 0.15) is 0 Å². The van der Waals surface area contributed by atoms with E-state index in [1.807, 2.05) is 0 Å². The van der Waals surface area contributed by atoms with E-state index in [1.54, 1.807) is 7.11 Å². The van der Waals surface area contributed by atoms with Gasteiger partial charge in [-0.25, -0.2) is 0 Å². The van der Waals surface area contributed by atoms with Crippen molar-refractivity contribution in [3.63, 3.8) is 0 Å². The number of ether oxygens (including phenoxy) is 4. The van der Waals surface area contributed by atoms with Gasteiger partial charge in [0.15, 0.2) is 12.6 Å². The molecule has 2 saturated heterocycles. The summed E-state index contributed by atoms with van der Waals surface area (Å²) < 4.78 is 24.9. The van der Waals surface area contributed by atoms with E-state index in [1.165, 1.54) is 38.5 Å². The van der Waals surface area contributed by atoms with Crippen LogP contribution in [0.25, 0.3) is 0 Å². The number of hydrogen-bond acceptors (Lipinski definition) is 6. The van der Waals surface area contributed by atoms with Gasteiger partial charge >= 0.3 is 0 Å². The Morgan fingerprint density at radius 2 is 1.67 bits per heavy atom. The third-order valence-corrected chi connectivity index (χ3v) is 15.5. The van der Waals surface area contributed by atoms with E-state index in [-0.39, 0.29) is 35.9 Å². The van der Waals surface area contributed by atoms with Crippen LogP contribution < -0.4 is 0 Å². The smallest absolute Gasteiger partial charge is 0.160 e. The maximum absolute atomic E-state index is 10.2. The summed E-state index contributed by atoms with van der Waals surface area (Å²) in [5.41, 5.74) is 1.41. The van der Waals surface area contributed by atoms with Gasteiger partial charge in [0, 0.05) is 19.4 Å². The Balaban J connectivity index is 1.10. The van der Waals surface area contributed by atoms with Crippen LogP contribution in [0.5, 0.6) is 0 Å². The zero-order valence-electron chi connectivity index (χ0n) is 27.5. The van der Waals surface area contributed by atoms with Gasteiger partial charge < -0.3 is 29.2 Å². The van der Waals surface area contributed by atoms with Crippen molar-refractivity contribution in [3.05, 3.63) is 0 Å². The second kappa shape index (κ2) is 10.4. The molecule has 0 radical (unpaired) electrons. The van der Waals surface area contributed by atoms with Crippen LogP contribution in [0.1, 0.15) is 112 Å². The van der Waals surface area contributed by atoms with E-state index in [4.69, 9.17) is 18.9 Å². The van der Waals surface area contributed by atoms with Crippen molar-refractivity contribution in [1.29, 1.82) is 0 Å². The van der Waals surface area contributed by atoms with Gasteiger partial charge in [0.2, 0.25) is 0 Å². The van der Waals surface area contributed by atoms with Gasteiger partial charge in [0.05, 0.1) is 31.0 Å². The molecule has 0 aromatic carbocycles. The van der Waals surface area contributed by atoms with Crippen LogP contribution in [0.15, 0.2) is 0 Å². The largest absolute Gasteiger partial charge is 0.393 e. The molecule has 0 bridgehead atoms. The number of rotatable bonds is 6. The third-order valence-electron chi connectivity index (χ3n) is 15.5. The van der Waals surface area contributed by atoms with Crippen LogP contribution in [0.2, 0.25) is 0 Å². The van der Waals surface area contributed by atoms with Crippen molar-refractivity contribution in [2.75, 3.05) is 13.7 Å². The molecule has 7 fully saturated rings. The van der Waals surface area contributed by atoms with Crippen LogP contribution in [0, 0.1) is 63.1 Å². The molecule has 2 aliphatic heterocycles. The van der Waals surface area contributed by atoms with E-state index in [2.05, 4.69) is 41.5 Å². The lowest BCUT2D eigenvalue weighted by molar-refractivity contribution is -0.248. The lowest BCUT2D eigenvalue weighted by Gasteiger charge is -2.60. The maximum atomic E-state index is 10.2. The Bertz CT molecular complexity index is 1020. The molecule has 2 N–H and O–H groups in total. The van der Waals surface area contributed by atoms with E-state index in [9.17, 15) is 10.2 Å². The molecule has 0 aromatic rings. The van der Waals surface area contributed by atoms with Crippen molar-refractivity contribution >= 4 is 0 Å². The molecule has 5 aliphatic carbocycles. The minimum atomic E-state index is -0.709. The van der Waals surface area contributed by atoms with Crippen LogP contribution in [-0.2, 0) is 18.9 Å². The molecule has 7 unspecified atom stereocenters.